The molecular formula is C10H22Pt. The van der Waals surface area contributed by atoms with Crippen LogP contribution in [-0.2, 0) is 21.1 Å². The fourth-order valence-corrected chi connectivity index (χ4v) is 0.236. The first-order valence-corrected chi connectivity index (χ1v) is 2.13. The van der Waals surface area contributed by atoms with E-state index in [1.54, 1.807) is 0 Å². The van der Waals surface area contributed by atoms with Crippen LogP contribution < -0.4 is 0 Å². The standard InChI is InChI=1S/C6H10.4CH3.Pt/c1-3-5-6-4-2;;;;;/h3-4H,1-2,5-6H2;4*1H3;/q;4*-1;+4. The van der Waals surface area contributed by atoms with Gasteiger partial charge in [-0.15, -0.1) is 13.2 Å². The average molecular weight is 337 g/mol. The molecule has 0 fully saturated rings. The monoisotopic (exact) mass is 337 g/mol. The van der Waals surface area contributed by atoms with Crippen molar-refractivity contribution in [1.29, 1.82) is 0 Å². The van der Waals surface area contributed by atoms with Gasteiger partial charge in [0.1, 0.15) is 0 Å². The van der Waals surface area contributed by atoms with Crippen molar-refractivity contribution in [3.8, 4) is 0 Å². The largest absolute Gasteiger partial charge is 4.00 e. The van der Waals surface area contributed by atoms with E-state index in [0.29, 0.717) is 0 Å². The Labute approximate surface area is 89.1 Å². The molecule has 0 aliphatic heterocycles. The van der Waals surface area contributed by atoms with Crippen LogP contribution in [0.1, 0.15) is 12.8 Å². The van der Waals surface area contributed by atoms with Gasteiger partial charge < -0.3 is 29.7 Å². The number of allylic oxidation sites excluding steroid dienone is 2. The van der Waals surface area contributed by atoms with Crippen molar-refractivity contribution < 1.29 is 21.1 Å². The summed E-state index contributed by atoms with van der Waals surface area (Å²) in [4.78, 5) is 0. The molecule has 0 radical (unpaired) electrons. The van der Waals surface area contributed by atoms with Gasteiger partial charge in [0.05, 0.1) is 0 Å². The van der Waals surface area contributed by atoms with E-state index in [-0.39, 0.29) is 50.8 Å². The zero-order valence-electron chi connectivity index (χ0n) is 8.30. The van der Waals surface area contributed by atoms with E-state index in [1.807, 2.05) is 12.2 Å². The van der Waals surface area contributed by atoms with Crippen molar-refractivity contribution >= 4 is 0 Å². The van der Waals surface area contributed by atoms with E-state index < -0.39 is 0 Å². The Morgan fingerprint density at radius 2 is 0.909 bits per heavy atom. The van der Waals surface area contributed by atoms with Crippen LogP contribution in [0.15, 0.2) is 25.3 Å². The van der Waals surface area contributed by atoms with Crippen LogP contribution in [0.3, 0.4) is 0 Å². The third-order valence-corrected chi connectivity index (χ3v) is 0.575. The number of rotatable bonds is 3. The summed E-state index contributed by atoms with van der Waals surface area (Å²) >= 11 is 0. The molecule has 0 N–H and O–H groups in total. The molecule has 0 spiro atoms. The van der Waals surface area contributed by atoms with Gasteiger partial charge in [-0.2, -0.15) is 0 Å². The quantitative estimate of drug-likeness (QED) is 0.416. The first kappa shape index (κ1) is 43.2. The molecule has 0 rings (SSSR count). The summed E-state index contributed by atoms with van der Waals surface area (Å²) in [6, 6.07) is 0. The molecule has 0 unspecified atom stereocenters. The summed E-state index contributed by atoms with van der Waals surface area (Å²) in [5.74, 6) is 0. The Kier molecular flexibility index (Phi) is 193. The Balaban J connectivity index is -0.0000000125. The summed E-state index contributed by atoms with van der Waals surface area (Å²) < 4.78 is 0. The van der Waals surface area contributed by atoms with Crippen molar-refractivity contribution in [2.24, 2.45) is 0 Å². The second-order valence-electron chi connectivity index (χ2n) is 1.15. The van der Waals surface area contributed by atoms with Crippen LogP contribution in [-0.4, -0.2) is 0 Å². The van der Waals surface area contributed by atoms with Gasteiger partial charge in [0.2, 0.25) is 0 Å². The number of hydrogen-bond donors (Lipinski definition) is 0. The third kappa shape index (κ3) is 67.6. The fourth-order valence-electron chi connectivity index (χ4n) is 0.236. The van der Waals surface area contributed by atoms with Crippen LogP contribution in [0.5, 0.6) is 0 Å². The van der Waals surface area contributed by atoms with Crippen molar-refractivity contribution in [3.63, 3.8) is 0 Å². The van der Waals surface area contributed by atoms with Gasteiger partial charge in [-0.3, -0.25) is 0 Å². The minimum atomic E-state index is 0. The van der Waals surface area contributed by atoms with E-state index in [0.717, 1.165) is 12.8 Å². The predicted molar refractivity (Wildman–Crippen MR) is 55.3 cm³/mol. The molecular weight excluding hydrogens is 315 g/mol. The predicted octanol–water partition coefficient (Wildman–Crippen LogP) is 3.94. The smallest absolute Gasteiger partial charge is 0.358 e. The molecule has 11 heavy (non-hydrogen) atoms. The Morgan fingerprint density at radius 1 is 0.727 bits per heavy atom. The van der Waals surface area contributed by atoms with Gasteiger partial charge in [0, 0.05) is 0 Å². The molecule has 0 atom stereocenters. The van der Waals surface area contributed by atoms with Gasteiger partial charge >= 0.3 is 21.1 Å². The zero-order chi connectivity index (χ0) is 4.83. The minimum absolute atomic E-state index is 0. The molecule has 0 saturated heterocycles. The second kappa shape index (κ2) is 49.2. The van der Waals surface area contributed by atoms with Crippen LogP contribution in [0.4, 0.5) is 0 Å². The van der Waals surface area contributed by atoms with E-state index in [1.165, 1.54) is 0 Å². The third-order valence-electron chi connectivity index (χ3n) is 0.575. The summed E-state index contributed by atoms with van der Waals surface area (Å²) in [6.07, 6.45) is 5.90. The molecule has 0 saturated carbocycles. The van der Waals surface area contributed by atoms with Crippen molar-refractivity contribution in [2.75, 3.05) is 0 Å². The summed E-state index contributed by atoms with van der Waals surface area (Å²) in [5.41, 5.74) is 0. The molecule has 0 heterocycles. The summed E-state index contributed by atoms with van der Waals surface area (Å²) in [5, 5.41) is 0. The maximum Gasteiger partial charge on any atom is 4.00 e. The first-order chi connectivity index (χ1) is 2.91. The van der Waals surface area contributed by atoms with Crippen molar-refractivity contribution in [3.05, 3.63) is 55.0 Å². The average Bonchev–Trinajstić information content (AvgIpc) is 1.61. The molecule has 0 bridgehead atoms. The topological polar surface area (TPSA) is 0 Å². The van der Waals surface area contributed by atoms with Gasteiger partial charge in [-0.05, 0) is 12.8 Å². The van der Waals surface area contributed by atoms with E-state index in [4.69, 9.17) is 0 Å². The van der Waals surface area contributed by atoms with Crippen LogP contribution >= 0.6 is 0 Å². The molecule has 72 valence electrons. The molecule has 0 aromatic rings. The second-order valence-corrected chi connectivity index (χ2v) is 1.15. The van der Waals surface area contributed by atoms with Crippen molar-refractivity contribution in [2.45, 2.75) is 12.8 Å². The molecule has 0 aliphatic rings. The molecule has 0 amide bonds. The Hall–Kier alpha value is 0.168. The van der Waals surface area contributed by atoms with Crippen molar-refractivity contribution in [1.82, 2.24) is 0 Å². The van der Waals surface area contributed by atoms with Gasteiger partial charge in [-0.1, -0.05) is 12.2 Å². The maximum absolute atomic E-state index is 3.55. The molecule has 0 aromatic heterocycles. The fraction of sp³-hybridized carbons (Fsp3) is 0.200. The van der Waals surface area contributed by atoms with E-state index in [9.17, 15) is 0 Å². The number of unbranched alkanes of at least 4 members (excludes halogenated alkanes) is 1. The Bertz CT molecular complexity index is 40.8. The Morgan fingerprint density at radius 3 is 1.00 bits per heavy atom. The molecule has 0 aromatic carbocycles. The first-order valence-electron chi connectivity index (χ1n) is 2.13. The number of hydrogen-bond acceptors (Lipinski definition) is 0. The SMILES string of the molecule is C=CCCC=C.[CH3-].[CH3-].[CH3-].[CH3-].[Pt+4]. The van der Waals surface area contributed by atoms with Crippen LogP contribution in [0.2, 0.25) is 0 Å². The minimum Gasteiger partial charge on any atom is -0.358 e. The zero-order valence-corrected chi connectivity index (χ0v) is 10.6. The molecule has 0 aliphatic carbocycles. The van der Waals surface area contributed by atoms with Gasteiger partial charge in [-0.25, -0.2) is 0 Å². The summed E-state index contributed by atoms with van der Waals surface area (Å²) in [7, 11) is 0. The van der Waals surface area contributed by atoms with Gasteiger partial charge in [0.15, 0.2) is 0 Å². The van der Waals surface area contributed by atoms with Crippen LogP contribution in [0, 0.1) is 29.7 Å². The normalized spacial score (nSPS) is 4.00. The summed E-state index contributed by atoms with van der Waals surface area (Å²) in [6.45, 7) is 7.10. The maximum atomic E-state index is 3.55. The van der Waals surface area contributed by atoms with E-state index >= 15 is 0 Å². The molecule has 0 nitrogen and oxygen atoms in total. The molecule has 1 heteroatoms. The van der Waals surface area contributed by atoms with Crippen LogP contribution in [0.25, 0.3) is 0 Å². The van der Waals surface area contributed by atoms with Gasteiger partial charge in [0.25, 0.3) is 0 Å². The van der Waals surface area contributed by atoms with E-state index in [2.05, 4.69) is 13.2 Å².